The number of ether oxygens (including phenoxy) is 1. The molecule has 1 aliphatic carbocycles. The Balaban J connectivity index is 2.69. The van der Waals surface area contributed by atoms with Crippen LogP contribution in [0.2, 0.25) is 0 Å². The molecule has 0 spiro atoms. The molecule has 2 rings (SSSR count). The van der Waals surface area contributed by atoms with E-state index in [0.717, 1.165) is 13.0 Å². The van der Waals surface area contributed by atoms with Crippen LogP contribution in [-0.2, 0) is 9.53 Å². The Bertz CT molecular complexity index is 901. The van der Waals surface area contributed by atoms with Crippen molar-refractivity contribution in [2.24, 2.45) is 11.7 Å². The van der Waals surface area contributed by atoms with Gasteiger partial charge in [-0.2, -0.15) is 13.2 Å². The number of alkyl halides is 4. The van der Waals surface area contributed by atoms with Crippen LogP contribution in [0.25, 0.3) is 5.57 Å². The molecule has 0 amide bonds. The van der Waals surface area contributed by atoms with Crippen molar-refractivity contribution in [1.29, 1.82) is 0 Å². The standard InChI is InChI=1S/C21H23F6NO2/c1-5-30-17(29)9-16(28)18-19(23)14(21(25,26)27)8-13(20(18,4)24)12-7-15(22)11(3)6-10(12)2/h6-8,16,18H,5,9,28H2,1-4H3. The summed E-state index contributed by atoms with van der Waals surface area (Å²) >= 11 is 0. The van der Waals surface area contributed by atoms with Gasteiger partial charge in [-0.25, -0.2) is 13.2 Å². The van der Waals surface area contributed by atoms with E-state index in [0.29, 0.717) is 11.6 Å². The second-order valence-corrected chi connectivity index (χ2v) is 7.46. The molecular formula is C21H23F6NO2. The Morgan fingerprint density at radius 1 is 1.23 bits per heavy atom. The predicted octanol–water partition coefficient (Wildman–Crippen LogP) is 5.25. The quantitative estimate of drug-likeness (QED) is 0.508. The largest absolute Gasteiger partial charge is 0.466 e. The minimum Gasteiger partial charge on any atom is -0.466 e. The lowest BCUT2D eigenvalue weighted by Crippen LogP contribution is -2.48. The smallest absolute Gasteiger partial charge is 0.418 e. The van der Waals surface area contributed by atoms with Crippen molar-refractivity contribution in [1.82, 2.24) is 0 Å². The number of nitrogens with two attached hydrogens (primary N) is 1. The number of halogens is 6. The number of carbonyl (C=O) groups excluding carboxylic acids is 1. The highest BCUT2D eigenvalue weighted by Gasteiger charge is 2.52. The van der Waals surface area contributed by atoms with E-state index in [4.69, 9.17) is 10.5 Å². The third-order valence-electron chi connectivity index (χ3n) is 5.17. The first kappa shape index (κ1) is 24.0. The molecule has 9 heteroatoms. The van der Waals surface area contributed by atoms with Crippen molar-refractivity contribution in [2.45, 2.75) is 52.0 Å². The Labute approximate surface area is 170 Å². The lowest BCUT2D eigenvalue weighted by Gasteiger charge is -2.39. The maximum Gasteiger partial charge on any atom is 0.418 e. The average Bonchev–Trinajstić information content (AvgIpc) is 2.57. The molecule has 0 heterocycles. The van der Waals surface area contributed by atoms with E-state index < -0.39 is 59.0 Å². The highest BCUT2D eigenvalue weighted by Crippen LogP contribution is 2.51. The van der Waals surface area contributed by atoms with Gasteiger partial charge in [0.1, 0.15) is 17.3 Å². The Hall–Kier alpha value is -2.29. The summed E-state index contributed by atoms with van der Waals surface area (Å²) in [5, 5.41) is 0. The molecule has 1 aliphatic rings. The van der Waals surface area contributed by atoms with Crippen molar-refractivity contribution in [3.8, 4) is 0 Å². The van der Waals surface area contributed by atoms with Gasteiger partial charge in [-0.3, -0.25) is 4.79 Å². The second-order valence-electron chi connectivity index (χ2n) is 7.46. The molecule has 3 nitrogen and oxygen atoms in total. The number of hydrogen-bond donors (Lipinski definition) is 1. The molecule has 0 bridgehead atoms. The lowest BCUT2D eigenvalue weighted by atomic mass is 9.70. The molecule has 0 saturated heterocycles. The number of aryl methyl sites for hydroxylation is 2. The summed E-state index contributed by atoms with van der Waals surface area (Å²) < 4.78 is 90.2. The van der Waals surface area contributed by atoms with Gasteiger partial charge < -0.3 is 10.5 Å². The molecule has 3 atom stereocenters. The molecule has 30 heavy (non-hydrogen) atoms. The predicted molar refractivity (Wildman–Crippen MR) is 100 cm³/mol. The van der Waals surface area contributed by atoms with E-state index in [1.54, 1.807) is 0 Å². The van der Waals surface area contributed by atoms with E-state index in [9.17, 15) is 26.7 Å². The van der Waals surface area contributed by atoms with Gasteiger partial charge in [-0.05, 0) is 62.1 Å². The van der Waals surface area contributed by atoms with Gasteiger partial charge in [0.2, 0.25) is 0 Å². The number of esters is 1. The summed E-state index contributed by atoms with van der Waals surface area (Å²) in [7, 11) is 0. The second kappa shape index (κ2) is 8.45. The normalized spacial score (nSPS) is 23.3. The molecule has 0 fully saturated rings. The molecule has 0 saturated carbocycles. The first-order chi connectivity index (χ1) is 13.7. The molecular weight excluding hydrogens is 412 g/mol. The summed E-state index contributed by atoms with van der Waals surface area (Å²) in [5.74, 6) is -5.57. The van der Waals surface area contributed by atoms with Gasteiger partial charge in [0.05, 0.1) is 24.5 Å². The first-order valence-electron chi connectivity index (χ1n) is 9.28. The van der Waals surface area contributed by atoms with Gasteiger partial charge in [0.15, 0.2) is 0 Å². The third kappa shape index (κ3) is 4.55. The fourth-order valence-electron chi connectivity index (χ4n) is 3.72. The van der Waals surface area contributed by atoms with E-state index in [2.05, 4.69) is 0 Å². The van der Waals surface area contributed by atoms with E-state index in [-0.39, 0.29) is 17.7 Å². The van der Waals surface area contributed by atoms with Crippen LogP contribution < -0.4 is 5.73 Å². The highest BCUT2D eigenvalue weighted by atomic mass is 19.4. The molecule has 1 aromatic carbocycles. The first-order valence-corrected chi connectivity index (χ1v) is 9.28. The van der Waals surface area contributed by atoms with E-state index >= 15 is 4.39 Å². The molecule has 2 N–H and O–H groups in total. The molecule has 0 radical (unpaired) electrons. The SMILES string of the molecule is CCOC(=O)CC(N)C1C(F)=C(C(F)(F)F)C=C(c2cc(F)c(C)cc2C)C1(C)F. The van der Waals surface area contributed by atoms with Crippen molar-refractivity contribution in [3.05, 3.63) is 52.1 Å². The zero-order valence-electron chi connectivity index (χ0n) is 17.0. The zero-order valence-corrected chi connectivity index (χ0v) is 17.0. The fraction of sp³-hybridized carbons (Fsp3) is 0.476. The van der Waals surface area contributed by atoms with Crippen LogP contribution in [0.4, 0.5) is 26.3 Å². The number of rotatable bonds is 5. The third-order valence-corrected chi connectivity index (χ3v) is 5.17. The maximum absolute atomic E-state index is 15.9. The molecule has 166 valence electrons. The van der Waals surface area contributed by atoms with E-state index in [1.807, 2.05) is 0 Å². The van der Waals surface area contributed by atoms with Crippen molar-refractivity contribution < 1.29 is 35.9 Å². The summed E-state index contributed by atoms with van der Waals surface area (Å²) in [6, 6.07) is 0.631. The van der Waals surface area contributed by atoms with Gasteiger partial charge in [0, 0.05) is 6.04 Å². The molecule has 0 aromatic heterocycles. The monoisotopic (exact) mass is 435 g/mol. The number of hydrogen-bond acceptors (Lipinski definition) is 3. The van der Waals surface area contributed by atoms with Crippen molar-refractivity contribution >= 4 is 11.5 Å². The van der Waals surface area contributed by atoms with E-state index in [1.165, 1.54) is 26.8 Å². The topological polar surface area (TPSA) is 52.3 Å². The van der Waals surface area contributed by atoms with Crippen LogP contribution in [0.3, 0.4) is 0 Å². The minimum atomic E-state index is -5.15. The summed E-state index contributed by atoms with van der Waals surface area (Å²) in [6.45, 7) is 5.28. The molecule has 3 unspecified atom stereocenters. The van der Waals surface area contributed by atoms with Crippen LogP contribution in [0.1, 0.15) is 37.0 Å². The van der Waals surface area contributed by atoms with Crippen LogP contribution >= 0.6 is 0 Å². The van der Waals surface area contributed by atoms with Gasteiger partial charge in [-0.1, -0.05) is 6.07 Å². The number of benzene rings is 1. The van der Waals surface area contributed by atoms with Crippen molar-refractivity contribution in [2.75, 3.05) is 6.61 Å². The van der Waals surface area contributed by atoms with Crippen LogP contribution in [0.15, 0.2) is 29.6 Å². The van der Waals surface area contributed by atoms with Crippen LogP contribution in [-0.4, -0.2) is 30.5 Å². The summed E-state index contributed by atoms with van der Waals surface area (Å²) in [5.41, 5.74) is 1.18. The average molecular weight is 435 g/mol. The Kier molecular flexibility index (Phi) is 6.76. The minimum absolute atomic E-state index is 0.0256. The summed E-state index contributed by atoms with van der Waals surface area (Å²) in [6.07, 6.45) is -5.49. The Morgan fingerprint density at radius 3 is 2.37 bits per heavy atom. The fourth-order valence-corrected chi connectivity index (χ4v) is 3.72. The number of carbonyl (C=O) groups is 1. The molecule has 1 aromatic rings. The van der Waals surface area contributed by atoms with Crippen molar-refractivity contribution in [3.63, 3.8) is 0 Å². The molecule has 0 aliphatic heterocycles. The lowest BCUT2D eigenvalue weighted by molar-refractivity contribution is -0.143. The zero-order chi connectivity index (χ0) is 23.0. The van der Waals surface area contributed by atoms with Gasteiger partial charge in [-0.15, -0.1) is 0 Å². The van der Waals surface area contributed by atoms with Crippen LogP contribution in [0.5, 0.6) is 0 Å². The van der Waals surface area contributed by atoms with Crippen LogP contribution in [0, 0.1) is 25.6 Å². The van der Waals surface area contributed by atoms with Gasteiger partial charge >= 0.3 is 12.1 Å². The Morgan fingerprint density at radius 2 is 1.83 bits per heavy atom. The summed E-state index contributed by atoms with van der Waals surface area (Å²) in [4.78, 5) is 11.7. The van der Waals surface area contributed by atoms with Gasteiger partial charge in [0.25, 0.3) is 0 Å². The maximum atomic E-state index is 15.9. The highest BCUT2D eigenvalue weighted by molar-refractivity contribution is 5.80. The number of allylic oxidation sites excluding steroid dienone is 3.